The molecule has 0 aliphatic carbocycles. The van der Waals surface area contributed by atoms with Gasteiger partial charge in [0.05, 0.1) is 12.1 Å². The van der Waals surface area contributed by atoms with Crippen LogP contribution >= 0.6 is 0 Å². The highest BCUT2D eigenvalue weighted by Crippen LogP contribution is 2.20. The molecule has 0 radical (unpaired) electrons. The fourth-order valence-electron chi connectivity index (χ4n) is 1.09. The van der Waals surface area contributed by atoms with Gasteiger partial charge < -0.3 is 14.8 Å². The Bertz CT molecular complexity index is 480. The highest BCUT2D eigenvalue weighted by atomic mass is 19.4. The van der Waals surface area contributed by atoms with E-state index < -0.39 is 30.4 Å². The number of pyridine rings is 1. The first-order valence-electron chi connectivity index (χ1n) is 4.40. The Balaban J connectivity index is 3.02. The average molecular weight is 251 g/mol. The molecule has 0 saturated carbocycles. The molecule has 0 aliphatic rings. The normalized spacial score (nSPS) is 13.4. The van der Waals surface area contributed by atoms with Crippen molar-refractivity contribution >= 4 is 5.97 Å². The summed E-state index contributed by atoms with van der Waals surface area (Å²) < 4.78 is 36.6. The van der Waals surface area contributed by atoms with Crippen LogP contribution in [0.2, 0.25) is 0 Å². The number of nitrogens with zero attached hydrogens (tertiary/aromatic N) is 1. The van der Waals surface area contributed by atoms with E-state index in [0.29, 0.717) is 4.57 Å². The molecular weight excluding hydrogens is 243 g/mol. The number of aliphatic hydroxyl groups is 1. The van der Waals surface area contributed by atoms with Gasteiger partial charge in [-0.05, 0) is 6.07 Å². The van der Waals surface area contributed by atoms with Gasteiger partial charge in [0.1, 0.15) is 0 Å². The molecule has 1 heterocycles. The lowest BCUT2D eigenvalue weighted by molar-refractivity contribution is -0.207. The van der Waals surface area contributed by atoms with Crippen LogP contribution in [0.1, 0.15) is 10.4 Å². The molecule has 1 atom stereocenters. The predicted octanol–water partition coefficient (Wildman–Crippen LogP) is 0.470. The topological polar surface area (TPSA) is 79.5 Å². The lowest BCUT2D eigenvalue weighted by Gasteiger charge is -2.15. The Hall–Kier alpha value is -1.83. The maximum Gasteiger partial charge on any atom is 0.416 e. The van der Waals surface area contributed by atoms with Gasteiger partial charge in [-0.2, -0.15) is 13.2 Å². The minimum absolute atomic E-state index is 0.334. The first-order chi connectivity index (χ1) is 7.71. The number of rotatable bonds is 3. The SMILES string of the molecule is O=C(O)c1ccc(=O)n(CC(O)C(F)(F)F)c1. The van der Waals surface area contributed by atoms with Crippen LogP contribution in [-0.2, 0) is 6.54 Å². The fourth-order valence-corrected chi connectivity index (χ4v) is 1.09. The van der Waals surface area contributed by atoms with Crippen LogP contribution in [0.15, 0.2) is 23.1 Å². The van der Waals surface area contributed by atoms with Crippen molar-refractivity contribution in [2.45, 2.75) is 18.8 Å². The van der Waals surface area contributed by atoms with Gasteiger partial charge >= 0.3 is 12.1 Å². The third kappa shape index (κ3) is 3.31. The van der Waals surface area contributed by atoms with Gasteiger partial charge in [0.15, 0.2) is 6.10 Å². The molecule has 1 aromatic heterocycles. The largest absolute Gasteiger partial charge is 0.478 e. The minimum atomic E-state index is -4.86. The van der Waals surface area contributed by atoms with Crippen LogP contribution in [0.4, 0.5) is 13.2 Å². The highest BCUT2D eigenvalue weighted by molar-refractivity contribution is 5.87. The van der Waals surface area contributed by atoms with Gasteiger partial charge in [0.2, 0.25) is 0 Å². The minimum Gasteiger partial charge on any atom is -0.478 e. The zero-order valence-corrected chi connectivity index (χ0v) is 8.31. The summed E-state index contributed by atoms with van der Waals surface area (Å²) in [7, 11) is 0. The molecule has 1 aromatic rings. The summed E-state index contributed by atoms with van der Waals surface area (Å²) in [5, 5.41) is 17.4. The molecule has 0 spiro atoms. The van der Waals surface area contributed by atoms with Gasteiger partial charge in [-0.15, -0.1) is 0 Å². The van der Waals surface area contributed by atoms with Crippen molar-refractivity contribution in [1.82, 2.24) is 4.57 Å². The van der Waals surface area contributed by atoms with E-state index in [2.05, 4.69) is 0 Å². The van der Waals surface area contributed by atoms with Crippen LogP contribution in [0.3, 0.4) is 0 Å². The molecule has 17 heavy (non-hydrogen) atoms. The van der Waals surface area contributed by atoms with Crippen molar-refractivity contribution in [1.29, 1.82) is 0 Å². The maximum absolute atomic E-state index is 12.0. The lowest BCUT2D eigenvalue weighted by Crippen LogP contribution is -2.36. The van der Waals surface area contributed by atoms with Gasteiger partial charge in [-0.25, -0.2) is 4.79 Å². The molecule has 0 aromatic carbocycles. The third-order valence-electron chi connectivity index (χ3n) is 1.98. The number of carboxylic acid groups (broad SMARTS) is 1. The van der Waals surface area contributed by atoms with E-state index in [9.17, 15) is 22.8 Å². The second kappa shape index (κ2) is 4.58. The van der Waals surface area contributed by atoms with Crippen LogP contribution in [0.5, 0.6) is 0 Å². The summed E-state index contributed by atoms with van der Waals surface area (Å²) in [6, 6.07) is 1.80. The Kier molecular flexibility index (Phi) is 3.56. The predicted molar refractivity (Wildman–Crippen MR) is 49.7 cm³/mol. The maximum atomic E-state index is 12.0. The smallest absolute Gasteiger partial charge is 0.416 e. The summed E-state index contributed by atoms with van der Waals surface area (Å²) in [6.45, 7) is -1.04. The number of hydrogen-bond donors (Lipinski definition) is 2. The summed E-state index contributed by atoms with van der Waals surface area (Å²) in [5.41, 5.74) is -1.16. The molecule has 0 bridgehead atoms. The van der Waals surface area contributed by atoms with E-state index in [1.165, 1.54) is 0 Å². The molecule has 8 heteroatoms. The van der Waals surface area contributed by atoms with E-state index in [4.69, 9.17) is 10.2 Å². The molecule has 2 N–H and O–H groups in total. The molecule has 0 saturated heterocycles. The van der Waals surface area contributed by atoms with Crippen molar-refractivity contribution in [2.75, 3.05) is 0 Å². The lowest BCUT2D eigenvalue weighted by atomic mass is 10.2. The molecule has 0 aliphatic heterocycles. The Morgan fingerprint density at radius 2 is 2.00 bits per heavy atom. The quantitative estimate of drug-likeness (QED) is 0.818. The molecule has 1 rings (SSSR count). The van der Waals surface area contributed by atoms with Crippen molar-refractivity contribution in [3.8, 4) is 0 Å². The molecular formula is C9H8F3NO4. The number of halogens is 3. The monoisotopic (exact) mass is 251 g/mol. The van der Waals surface area contributed by atoms with Crippen LogP contribution in [0.25, 0.3) is 0 Å². The number of hydrogen-bond acceptors (Lipinski definition) is 3. The van der Waals surface area contributed by atoms with Gasteiger partial charge in [0, 0.05) is 12.3 Å². The molecule has 94 valence electrons. The van der Waals surface area contributed by atoms with Crippen molar-refractivity contribution in [3.05, 3.63) is 34.2 Å². The standard InChI is InChI=1S/C9H8F3NO4/c10-9(11,12)6(14)4-13-3-5(8(16)17)1-2-7(13)15/h1-3,6,14H,4H2,(H,16,17). The van der Waals surface area contributed by atoms with Crippen LogP contribution < -0.4 is 5.56 Å². The van der Waals surface area contributed by atoms with Crippen molar-refractivity contribution in [2.24, 2.45) is 0 Å². The highest BCUT2D eigenvalue weighted by Gasteiger charge is 2.38. The summed E-state index contributed by atoms with van der Waals surface area (Å²) >= 11 is 0. The van der Waals surface area contributed by atoms with E-state index >= 15 is 0 Å². The molecule has 0 fully saturated rings. The first kappa shape index (κ1) is 13.2. The summed E-state index contributed by atoms with van der Waals surface area (Å²) in [4.78, 5) is 21.7. The molecule has 0 amide bonds. The number of carbonyl (C=O) groups is 1. The Morgan fingerprint density at radius 3 is 2.47 bits per heavy atom. The van der Waals surface area contributed by atoms with Crippen LogP contribution in [0, 0.1) is 0 Å². The van der Waals surface area contributed by atoms with Gasteiger partial charge in [0.25, 0.3) is 5.56 Å². The van der Waals surface area contributed by atoms with Crippen LogP contribution in [-0.4, -0.2) is 33.0 Å². The third-order valence-corrected chi connectivity index (χ3v) is 1.98. The Morgan fingerprint density at radius 1 is 1.41 bits per heavy atom. The number of aromatic carboxylic acids is 1. The van der Waals surface area contributed by atoms with E-state index in [1.54, 1.807) is 0 Å². The number of aliphatic hydroxyl groups excluding tert-OH is 1. The Labute approximate surface area is 92.7 Å². The summed E-state index contributed by atoms with van der Waals surface area (Å²) in [5.74, 6) is -1.37. The van der Waals surface area contributed by atoms with Crippen molar-refractivity contribution in [3.63, 3.8) is 0 Å². The number of carboxylic acids is 1. The van der Waals surface area contributed by atoms with E-state index in [-0.39, 0.29) is 5.56 Å². The summed E-state index contributed by atoms with van der Waals surface area (Å²) in [6.07, 6.45) is -6.83. The van der Waals surface area contributed by atoms with Crippen molar-refractivity contribution < 1.29 is 28.2 Å². The second-order valence-electron chi connectivity index (χ2n) is 3.27. The van der Waals surface area contributed by atoms with Gasteiger partial charge in [-0.3, -0.25) is 4.79 Å². The number of alkyl halides is 3. The first-order valence-corrected chi connectivity index (χ1v) is 4.40. The zero-order chi connectivity index (χ0) is 13.2. The average Bonchev–Trinajstić information content (AvgIpc) is 2.19. The van der Waals surface area contributed by atoms with Gasteiger partial charge in [-0.1, -0.05) is 0 Å². The number of aromatic nitrogens is 1. The van der Waals surface area contributed by atoms with E-state index in [0.717, 1.165) is 18.3 Å². The molecule has 5 nitrogen and oxygen atoms in total. The zero-order valence-electron chi connectivity index (χ0n) is 8.31. The molecule has 1 unspecified atom stereocenters. The second-order valence-corrected chi connectivity index (χ2v) is 3.27. The van der Waals surface area contributed by atoms with E-state index in [1.807, 2.05) is 0 Å². The fraction of sp³-hybridized carbons (Fsp3) is 0.333.